The molecule has 1 atom stereocenters. The summed E-state index contributed by atoms with van der Waals surface area (Å²) in [6.45, 7) is 12.8. The van der Waals surface area contributed by atoms with E-state index in [1.807, 2.05) is 20.8 Å². The number of ether oxygens (including phenoxy) is 3. The molecule has 0 fully saturated rings. The lowest BCUT2D eigenvalue weighted by molar-refractivity contribution is -0.139. The molecule has 0 saturated heterocycles. The number of hydrogen-bond acceptors (Lipinski definition) is 5. The van der Waals surface area contributed by atoms with Gasteiger partial charge in [-0.2, -0.15) is 0 Å². The molecule has 1 aromatic carbocycles. The van der Waals surface area contributed by atoms with Crippen LogP contribution in [0.1, 0.15) is 71.2 Å². The number of carbonyl (C=O) groups is 2. The van der Waals surface area contributed by atoms with Gasteiger partial charge in [-0.15, -0.1) is 0 Å². The first kappa shape index (κ1) is 24.0. The number of nitrogens with one attached hydrogen (secondary N) is 1. The Balaban J connectivity index is 3.07. The van der Waals surface area contributed by atoms with E-state index in [0.717, 1.165) is 12.8 Å². The highest BCUT2D eigenvalue weighted by Gasteiger charge is 2.33. The number of anilines is 1. The Hall–Kier alpha value is -2.08. The quantitative estimate of drug-likeness (QED) is 0.515. The van der Waals surface area contributed by atoms with E-state index in [1.165, 1.54) is 0 Å². The third kappa shape index (κ3) is 7.15. The summed E-state index contributed by atoms with van der Waals surface area (Å²) in [5.74, 6) is 0.0629. The van der Waals surface area contributed by atoms with Crippen molar-refractivity contribution in [2.24, 2.45) is 5.92 Å². The molecule has 1 rings (SSSR count). The van der Waals surface area contributed by atoms with Crippen molar-refractivity contribution >= 4 is 17.6 Å². The molecule has 0 aliphatic rings. The van der Waals surface area contributed by atoms with Crippen molar-refractivity contribution in [1.29, 1.82) is 0 Å². The van der Waals surface area contributed by atoms with Gasteiger partial charge < -0.3 is 19.5 Å². The van der Waals surface area contributed by atoms with Crippen LogP contribution >= 0.6 is 0 Å². The molecule has 0 aromatic heterocycles. The third-order valence-electron chi connectivity index (χ3n) is 4.26. The van der Waals surface area contributed by atoms with Gasteiger partial charge in [0.2, 0.25) is 0 Å². The van der Waals surface area contributed by atoms with E-state index in [2.05, 4.69) is 12.2 Å². The summed E-state index contributed by atoms with van der Waals surface area (Å²) in [4.78, 5) is 25.2. The largest absolute Gasteiger partial charge is 0.492 e. The fourth-order valence-corrected chi connectivity index (χ4v) is 2.71. The molecule has 0 aliphatic carbocycles. The highest BCUT2D eigenvalue weighted by molar-refractivity contribution is 5.99. The van der Waals surface area contributed by atoms with Gasteiger partial charge in [0.25, 0.3) is 5.91 Å². The lowest BCUT2D eigenvalue weighted by Crippen LogP contribution is -2.42. The number of esters is 1. The molecule has 158 valence electrons. The summed E-state index contributed by atoms with van der Waals surface area (Å²) in [7, 11) is 0. The van der Waals surface area contributed by atoms with Crippen molar-refractivity contribution in [3.05, 3.63) is 23.8 Å². The van der Waals surface area contributed by atoms with Crippen LogP contribution in [0.15, 0.2) is 18.2 Å². The van der Waals surface area contributed by atoms with Crippen LogP contribution in [0.25, 0.3) is 0 Å². The zero-order valence-corrected chi connectivity index (χ0v) is 18.1. The second-order valence-corrected chi connectivity index (χ2v) is 7.36. The second kappa shape index (κ2) is 11.7. The Morgan fingerprint density at radius 2 is 1.86 bits per heavy atom. The van der Waals surface area contributed by atoms with E-state index in [1.54, 1.807) is 32.0 Å². The summed E-state index contributed by atoms with van der Waals surface area (Å²) < 4.78 is 16.6. The van der Waals surface area contributed by atoms with E-state index in [4.69, 9.17) is 14.2 Å². The Kier molecular flexibility index (Phi) is 10.0. The molecule has 0 aliphatic heterocycles. The van der Waals surface area contributed by atoms with Crippen LogP contribution in [0.4, 0.5) is 5.69 Å². The molecule has 0 unspecified atom stereocenters. The minimum atomic E-state index is -0.915. The number of unbranched alkanes of at least 4 members (excludes halogenated alkanes) is 1. The lowest BCUT2D eigenvalue weighted by atomic mass is 9.97. The lowest BCUT2D eigenvalue weighted by Gasteiger charge is -2.28. The number of hydrogen-bond donors (Lipinski definition) is 1. The molecule has 0 bridgehead atoms. The van der Waals surface area contributed by atoms with Crippen LogP contribution < -0.4 is 10.1 Å². The van der Waals surface area contributed by atoms with Crippen molar-refractivity contribution in [3.8, 4) is 5.75 Å². The summed E-state index contributed by atoms with van der Waals surface area (Å²) >= 11 is 0. The van der Waals surface area contributed by atoms with Gasteiger partial charge in [-0.05, 0) is 51.3 Å². The maximum atomic E-state index is 12.9. The SMILES string of the molecule is CCCC[C@@](C)(OCC)C(=O)Nc1ccc(OCC(C)C)c(C(=O)OCC)c1. The van der Waals surface area contributed by atoms with Gasteiger partial charge in [0.05, 0.1) is 13.2 Å². The summed E-state index contributed by atoms with van der Waals surface area (Å²) in [6.07, 6.45) is 2.49. The highest BCUT2D eigenvalue weighted by Crippen LogP contribution is 2.27. The molecule has 6 heteroatoms. The van der Waals surface area contributed by atoms with E-state index < -0.39 is 11.6 Å². The third-order valence-corrected chi connectivity index (χ3v) is 4.26. The Morgan fingerprint density at radius 1 is 1.14 bits per heavy atom. The van der Waals surface area contributed by atoms with Gasteiger partial charge >= 0.3 is 5.97 Å². The average molecular weight is 394 g/mol. The normalized spacial score (nSPS) is 13.1. The van der Waals surface area contributed by atoms with Gasteiger partial charge in [-0.25, -0.2) is 4.79 Å². The molecule has 0 heterocycles. The molecule has 0 radical (unpaired) electrons. The first-order chi connectivity index (χ1) is 13.3. The molecule has 6 nitrogen and oxygen atoms in total. The molecule has 1 N–H and O–H groups in total. The van der Waals surface area contributed by atoms with Crippen LogP contribution in [0, 0.1) is 5.92 Å². The molecular formula is C22H35NO5. The van der Waals surface area contributed by atoms with E-state index >= 15 is 0 Å². The van der Waals surface area contributed by atoms with Gasteiger partial charge in [0.1, 0.15) is 16.9 Å². The predicted octanol–water partition coefficient (Wildman–Crippen LogP) is 4.82. The first-order valence-corrected chi connectivity index (χ1v) is 10.2. The molecular weight excluding hydrogens is 358 g/mol. The molecule has 0 spiro atoms. The Labute approximate surface area is 168 Å². The van der Waals surface area contributed by atoms with Gasteiger partial charge in [0.15, 0.2) is 0 Å². The summed E-state index contributed by atoms with van der Waals surface area (Å²) in [6, 6.07) is 5.01. The topological polar surface area (TPSA) is 73.9 Å². The van der Waals surface area contributed by atoms with Gasteiger partial charge in [-0.1, -0.05) is 33.6 Å². The maximum absolute atomic E-state index is 12.9. The minimum Gasteiger partial charge on any atom is -0.492 e. The fraction of sp³-hybridized carbons (Fsp3) is 0.636. The minimum absolute atomic E-state index is 0.228. The van der Waals surface area contributed by atoms with E-state index in [9.17, 15) is 9.59 Å². The summed E-state index contributed by atoms with van der Waals surface area (Å²) in [5.41, 5.74) is -0.110. The number of rotatable bonds is 12. The van der Waals surface area contributed by atoms with E-state index in [-0.39, 0.29) is 12.5 Å². The standard InChI is InChI=1S/C22H35NO5/c1-7-10-13-22(6,28-9-3)21(25)23-17-11-12-19(27-15-16(4)5)18(14-17)20(24)26-8-2/h11-12,14,16H,7-10,13,15H2,1-6H3,(H,23,25)/t22-/m1/s1. The molecule has 28 heavy (non-hydrogen) atoms. The number of benzene rings is 1. The number of carbonyl (C=O) groups excluding carboxylic acids is 2. The van der Waals surface area contributed by atoms with Gasteiger partial charge in [-0.3, -0.25) is 4.79 Å². The van der Waals surface area contributed by atoms with Crippen molar-refractivity contribution in [2.45, 2.75) is 66.4 Å². The van der Waals surface area contributed by atoms with Crippen LogP contribution in [0.5, 0.6) is 5.75 Å². The predicted molar refractivity (Wildman–Crippen MR) is 111 cm³/mol. The summed E-state index contributed by atoms with van der Waals surface area (Å²) in [5, 5.41) is 2.88. The van der Waals surface area contributed by atoms with Crippen LogP contribution in [0.2, 0.25) is 0 Å². The second-order valence-electron chi connectivity index (χ2n) is 7.36. The maximum Gasteiger partial charge on any atom is 0.341 e. The molecule has 1 aromatic rings. The van der Waals surface area contributed by atoms with Crippen LogP contribution in [0.3, 0.4) is 0 Å². The van der Waals surface area contributed by atoms with Crippen LogP contribution in [-0.2, 0) is 14.3 Å². The van der Waals surface area contributed by atoms with Crippen molar-refractivity contribution in [1.82, 2.24) is 0 Å². The average Bonchev–Trinajstić information content (AvgIpc) is 2.65. The zero-order chi connectivity index (χ0) is 21.2. The molecule has 0 saturated carbocycles. The van der Waals surface area contributed by atoms with Crippen LogP contribution in [-0.4, -0.2) is 37.3 Å². The Morgan fingerprint density at radius 3 is 2.43 bits per heavy atom. The monoisotopic (exact) mass is 393 g/mol. The van der Waals surface area contributed by atoms with Crippen molar-refractivity contribution in [3.63, 3.8) is 0 Å². The molecule has 1 amide bonds. The number of amides is 1. The Bertz CT molecular complexity index is 644. The van der Waals surface area contributed by atoms with Crippen molar-refractivity contribution < 1.29 is 23.8 Å². The highest BCUT2D eigenvalue weighted by atomic mass is 16.5. The first-order valence-electron chi connectivity index (χ1n) is 10.2. The zero-order valence-electron chi connectivity index (χ0n) is 18.1. The van der Waals surface area contributed by atoms with E-state index in [0.29, 0.717) is 42.6 Å². The smallest absolute Gasteiger partial charge is 0.341 e. The van der Waals surface area contributed by atoms with Gasteiger partial charge in [0, 0.05) is 12.3 Å². The fourth-order valence-electron chi connectivity index (χ4n) is 2.71. The van der Waals surface area contributed by atoms with Crippen molar-refractivity contribution in [2.75, 3.05) is 25.1 Å².